The second-order valence-electron chi connectivity index (χ2n) is 2.96. The molecule has 1 N–H and O–H groups in total. The van der Waals surface area contributed by atoms with Gasteiger partial charge in [0.15, 0.2) is 0 Å². The molecule has 1 aliphatic rings. The summed E-state index contributed by atoms with van der Waals surface area (Å²) in [5.41, 5.74) is 0. The molecule has 1 atom stereocenters. The lowest BCUT2D eigenvalue weighted by Gasteiger charge is -2.10. The van der Waals surface area contributed by atoms with Crippen molar-refractivity contribution in [1.82, 2.24) is 5.32 Å². The fourth-order valence-corrected chi connectivity index (χ4v) is 1.44. The first-order valence-corrected chi connectivity index (χ1v) is 4.02. The van der Waals surface area contributed by atoms with E-state index in [1.807, 2.05) is 7.05 Å². The van der Waals surface area contributed by atoms with Crippen LogP contribution in [-0.4, -0.2) is 18.9 Å². The van der Waals surface area contributed by atoms with Crippen molar-refractivity contribution in [3.63, 3.8) is 0 Å². The van der Waals surface area contributed by atoms with Gasteiger partial charge in [0.2, 0.25) is 0 Å². The highest BCUT2D eigenvalue weighted by Gasteiger charge is 2.13. The minimum absolute atomic E-state index is 0.442. The molecule has 0 unspecified atom stereocenters. The molecule has 0 aromatic heterocycles. The highest BCUT2D eigenvalue weighted by molar-refractivity contribution is 5.78. The Hall–Kier alpha value is -0.370. The third kappa shape index (κ3) is 2.10. The predicted molar refractivity (Wildman–Crippen MR) is 40.9 cm³/mol. The lowest BCUT2D eigenvalue weighted by atomic mass is 10.1. The zero-order valence-corrected chi connectivity index (χ0v) is 6.52. The molecular weight excluding hydrogens is 126 g/mol. The van der Waals surface area contributed by atoms with Crippen LogP contribution in [0.3, 0.4) is 0 Å². The van der Waals surface area contributed by atoms with E-state index in [0.717, 1.165) is 25.7 Å². The Bertz CT molecular complexity index is 122. The summed E-state index contributed by atoms with van der Waals surface area (Å²) in [6.07, 6.45) is 4.87. The van der Waals surface area contributed by atoms with E-state index in [-0.39, 0.29) is 0 Å². The summed E-state index contributed by atoms with van der Waals surface area (Å²) in [5.74, 6) is 0.442. The third-order valence-electron chi connectivity index (χ3n) is 2.19. The number of hydrogen-bond acceptors (Lipinski definition) is 2. The zero-order chi connectivity index (χ0) is 7.40. The molecule has 1 rings (SSSR count). The van der Waals surface area contributed by atoms with Crippen LogP contribution in [-0.2, 0) is 4.79 Å². The Morgan fingerprint density at radius 1 is 1.40 bits per heavy atom. The van der Waals surface area contributed by atoms with Crippen molar-refractivity contribution in [1.29, 1.82) is 0 Å². The molecule has 0 radical (unpaired) electrons. The summed E-state index contributed by atoms with van der Waals surface area (Å²) in [7, 11) is 1.97. The van der Waals surface area contributed by atoms with Crippen molar-refractivity contribution >= 4 is 5.78 Å². The molecule has 0 aromatic carbocycles. The van der Waals surface area contributed by atoms with Crippen LogP contribution in [0.1, 0.15) is 32.1 Å². The van der Waals surface area contributed by atoms with Crippen molar-refractivity contribution < 1.29 is 4.79 Å². The van der Waals surface area contributed by atoms with Crippen molar-refractivity contribution in [3.05, 3.63) is 0 Å². The Labute approximate surface area is 62.0 Å². The number of carbonyl (C=O) groups is 1. The summed E-state index contributed by atoms with van der Waals surface area (Å²) >= 11 is 0. The van der Waals surface area contributed by atoms with Crippen LogP contribution in [0.4, 0.5) is 0 Å². The third-order valence-corrected chi connectivity index (χ3v) is 2.19. The fraction of sp³-hybridized carbons (Fsp3) is 0.875. The summed E-state index contributed by atoms with van der Waals surface area (Å²) in [6.45, 7) is 0. The van der Waals surface area contributed by atoms with Crippen molar-refractivity contribution in [2.45, 2.75) is 38.1 Å². The van der Waals surface area contributed by atoms with E-state index in [1.165, 1.54) is 6.42 Å². The SMILES string of the molecule is CN[C@@H]1CCCC(=O)CC1. The van der Waals surface area contributed by atoms with Crippen LogP contribution in [0.25, 0.3) is 0 Å². The van der Waals surface area contributed by atoms with Gasteiger partial charge in [-0.05, 0) is 26.3 Å². The largest absolute Gasteiger partial charge is 0.317 e. The number of carbonyl (C=O) groups excluding carboxylic acids is 1. The summed E-state index contributed by atoms with van der Waals surface area (Å²) in [6, 6.07) is 0.589. The van der Waals surface area contributed by atoms with Crippen LogP contribution in [0.2, 0.25) is 0 Å². The molecule has 0 heterocycles. The number of rotatable bonds is 1. The normalized spacial score (nSPS) is 28.1. The van der Waals surface area contributed by atoms with Gasteiger partial charge in [0.1, 0.15) is 5.78 Å². The molecule has 0 bridgehead atoms. The summed E-state index contributed by atoms with van der Waals surface area (Å²) < 4.78 is 0. The number of hydrogen-bond donors (Lipinski definition) is 1. The Kier molecular flexibility index (Phi) is 2.87. The molecule has 0 spiro atoms. The van der Waals surface area contributed by atoms with Crippen LogP contribution in [0.15, 0.2) is 0 Å². The number of nitrogens with one attached hydrogen (secondary N) is 1. The highest BCUT2D eigenvalue weighted by Crippen LogP contribution is 2.13. The van der Waals surface area contributed by atoms with E-state index in [2.05, 4.69) is 5.32 Å². The molecule has 0 amide bonds. The van der Waals surface area contributed by atoms with Gasteiger partial charge >= 0.3 is 0 Å². The van der Waals surface area contributed by atoms with Gasteiger partial charge in [-0.3, -0.25) is 4.79 Å². The topological polar surface area (TPSA) is 29.1 Å². The predicted octanol–water partition coefficient (Wildman–Crippen LogP) is 1.11. The zero-order valence-electron chi connectivity index (χ0n) is 6.52. The van der Waals surface area contributed by atoms with E-state index in [1.54, 1.807) is 0 Å². The quantitative estimate of drug-likeness (QED) is 0.554. The lowest BCUT2D eigenvalue weighted by molar-refractivity contribution is -0.118. The van der Waals surface area contributed by atoms with Gasteiger partial charge in [-0.15, -0.1) is 0 Å². The standard InChI is InChI=1S/C8H15NO/c1-9-7-3-2-4-8(10)6-5-7/h7,9H,2-6H2,1H3/t7-/m1/s1. The van der Waals surface area contributed by atoms with Gasteiger partial charge in [0.05, 0.1) is 0 Å². The van der Waals surface area contributed by atoms with Gasteiger partial charge in [0, 0.05) is 18.9 Å². The Morgan fingerprint density at radius 2 is 2.20 bits per heavy atom. The maximum atomic E-state index is 10.9. The van der Waals surface area contributed by atoms with Crippen molar-refractivity contribution in [3.8, 4) is 0 Å². The van der Waals surface area contributed by atoms with Gasteiger partial charge in [0.25, 0.3) is 0 Å². The number of ketones is 1. The first-order valence-electron chi connectivity index (χ1n) is 4.02. The van der Waals surface area contributed by atoms with Crippen molar-refractivity contribution in [2.24, 2.45) is 0 Å². The number of Topliss-reactive ketones (excluding diaryl/α,β-unsaturated/α-hetero) is 1. The molecule has 1 aliphatic carbocycles. The van der Waals surface area contributed by atoms with Gasteiger partial charge in [-0.1, -0.05) is 0 Å². The molecule has 0 aliphatic heterocycles. The molecule has 58 valence electrons. The van der Waals surface area contributed by atoms with E-state index >= 15 is 0 Å². The molecule has 2 heteroatoms. The average molecular weight is 141 g/mol. The second kappa shape index (κ2) is 3.71. The Morgan fingerprint density at radius 3 is 2.90 bits per heavy atom. The van der Waals surface area contributed by atoms with Crippen LogP contribution in [0, 0.1) is 0 Å². The van der Waals surface area contributed by atoms with Gasteiger partial charge in [-0.2, -0.15) is 0 Å². The maximum Gasteiger partial charge on any atom is 0.132 e. The first-order chi connectivity index (χ1) is 4.83. The van der Waals surface area contributed by atoms with Crippen LogP contribution < -0.4 is 5.32 Å². The van der Waals surface area contributed by atoms with E-state index in [0.29, 0.717) is 11.8 Å². The van der Waals surface area contributed by atoms with E-state index < -0.39 is 0 Å². The smallest absolute Gasteiger partial charge is 0.132 e. The first kappa shape index (κ1) is 7.73. The van der Waals surface area contributed by atoms with E-state index in [9.17, 15) is 4.79 Å². The fourth-order valence-electron chi connectivity index (χ4n) is 1.44. The molecule has 1 saturated carbocycles. The molecule has 10 heavy (non-hydrogen) atoms. The Balaban J connectivity index is 2.33. The minimum Gasteiger partial charge on any atom is -0.317 e. The van der Waals surface area contributed by atoms with Crippen molar-refractivity contribution in [2.75, 3.05) is 7.05 Å². The van der Waals surface area contributed by atoms with Crippen LogP contribution >= 0.6 is 0 Å². The molecule has 1 fully saturated rings. The van der Waals surface area contributed by atoms with Crippen LogP contribution in [0.5, 0.6) is 0 Å². The summed E-state index contributed by atoms with van der Waals surface area (Å²) in [4.78, 5) is 10.9. The second-order valence-corrected chi connectivity index (χ2v) is 2.96. The van der Waals surface area contributed by atoms with Gasteiger partial charge < -0.3 is 5.32 Å². The molecule has 0 aromatic rings. The lowest BCUT2D eigenvalue weighted by Crippen LogP contribution is -2.23. The monoisotopic (exact) mass is 141 g/mol. The average Bonchev–Trinajstić information content (AvgIpc) is 2.14. The molecular formula is C8H15NO. The highest BCUT2D eigenvalue weighted by atomic mass is 16.1. The molecule has 0 saturated heterocycles. The van der Waals surface area contributed by atoms with Gasteiger partial charge in [-0.25, -0.2) is 0 Å². The minimum atomic E-state index is 0.442. The molecule has 2 nitrogen and oxygen atoms in total. The summed E-state index contributed by atoms with van der Waals surface area (Å²) in [5, 5.41) is 3.21. The van der Waals surface area contributed by atoms with E-state index in [4.69, 9.17) is 0 Å². The maximum absolute atomic E-state index is 10.9.